The van der Waals surface area contributed by atoms with Gasteiger partial charge in [0, 0.05) is 25.3 Å². The minimum atomic E-state index is -2.99. The van der Waals surface area contributed by atoms with E-state index >= 15 is 0 Å². The molecule has 1 unspecified atom stereocenters. The van der Waals surface area contributed by atoms with Crippen molar-refractivity contribution < 1.29 is 13.2 Å². The second-order valence-corrected chi connectivity index (χ2v) is 7.54. The first kappa shape index (κ1) is 17.0. The molecule has 116 valence electrons. The molecular formula is C13H25N3O3S. The van der Waals surface area contributed by atoms with Gasteiger partial charge < -0.3 is 15.1 Å². The molecule has 0 aliphatic carbocycles. The third kappa shape index (κ3) is 5.50. The molecule has 0 saturated carbocycles. The SMILES string of the molecule is CC/C=C/NC(=O)N(CCN(C)C)C1CCS(=O)(=O)C1. The summed E-state index contributed by atoms with van der Waals surface area (Å²) >= 11 is 0. The largest absolute Gasteiger partial charge is 0.321 e. The molecule has 1 saturated heterocycles. The van der Waals surface area contributed by atoms with Crippen LogP contribution in [-0.2, 0) is 9.84 Å². The van der Waals surface area contributed by atoms with Gasteiger partial charge in [0.2, 0.25) is 0 Å². The Bertz CT molecular complexity index is 446. The molecule has 0 aromatic carbocycles. The van der Waals surface area contributed by atoms with Gasteiger partial charge in [0.25, 0.3) is 0 Å². The van der Waals surface area contributed by atoms with Gasteiger partial charge in [-0.1, -0.05) is 13.0 Å². The molecule has 0 spiro atoms. The first-order valence-electron chi connectivity index (χ1n) is 6.93. The molecule has 0 bridgehead atoms. The molecule has 1 aliphatic rings. The number of nitrogens with zero attached hydrogens (tertiary/aromatic N) is 2. The third-order valence-corrected chi connectivity index (χ3v) is 5.01. The summed E-state index contributed by atoms with van der Waals surface area (Å²) < 4.78 is 23.2. The molecular weight excluding hydrogens is 278 g/mol. The molecule has 1 heterocycles. The van der Waals surface area contributed by atoms with Crippen LogP contribution >= 0.6 is 0 Å². The average molecular weight is 303 g/mol. The normalized spacial score (nSPS) is 21.5. The number of hydrogen-bond donors (Lipinski definition) is 1. The van der Waals surface area contributed by atoms with Gasteiger partial charge in [-0.05, 0) is 26.9 Å². The Morgan fingerprint density at radius 3 is 2.55 bits per heavy atom. The van der Waals surface area contributed by atoms with Crippen LogP contribution in [0.15, 0.2) is 12.3 Å². The number of allylic oxidation sites excluding steroid dienone is 1. The first-order valence-corrected chi connectivity index (χ1v) is 8.75. The van der Waals surface area contributed by atoms with Crippen molar-refractivity contribution in [2.45, 2.75) is 25.8 Å². The maximum Gasteiger partial charge on any atom is 0.321 e. The van der Waals surface area contributed by atoms with Crippen molar-refractivity contribution in [1.82, 2.24) is 15.1 Å². The molecule has 7 heteroatoms. The van der Waals surface area contributed by atoms with Crippen molar-refractivity contribution in [3.05, 3.63) is 12.3 Å². The maximum absolute atomic E-state index is 12.2. The van der Waals surface area contributed by atoms with Crippen LogP contribution in [0.5, 0.6) is 0 Å². The molecule has 20 heavy (non-hydrogen) atoms. The molecule has 0 radical (unpaired) electrons. The van der Waals surface area contributed by atoms with E-state index in [2.05, 4.69) is 5.32 Å². The summed E-state index contributed by atoms with van der Waals surface area (Å²) in [5.74, 6) is 0.250. The number of amides is 2. The van der Waals surface area contributed by atoms with Gasteiger partial charge in [-0.2, -0.15) is 0 Å². The number of likely N-dealkylation sites (N-methyl/N-ethyl adjacent to an activating group) is 1. The summed E-state index contributed by atoms with van der Waals surface area (Å²) in [5, 5.41) is 2.70. The Morgan fingerprint density at radius 2 is 2.05 bits per heavy atom. The van der Waals surface area contributed by atoms with Gasteiger partial charge >= 0.3 is 6.03 Å². The Morgan fingerprint density at radius 1 is 1.35 bits per heavy atom. The summed E-state index contributed by atoms with van der Waals surface area (Å²) in [6, 6.07) is -0.436. The molecule has 2 amide bonds. The van der Waals surface area contributed by atoms with E-state index in [1.54, 1.807) is 11.1 Å². The van der Waals surface area contributed by atoms with Crippen LogP contribution in [-0.4, -0.2) is 69.0 Å². The lowest BCUT2D eigenvalue weighted by atomic mass is 10.2. The van der Waals surface area contributed by atoms with E-state index in [0.717, 1.165) is 6.42 Å². The third-order valence-electron chi connectivity index (χ3n) is 3.26. The first-order chi connectivity index (χ1) is 9.35. The van der Waals surface area contributed by atoms with Crippen molar-refractivity contribution in [2.75, 3.05) is 38.7 Å². The minimum absolute atomic E-state index is 0.0747. The zero-order valence-corrected chi connectivity index (χ0v) is 13.3. The predicted molar refractivity (Wildman–Crippen MR) is 80.3 cm³/mol. The number of carbonyl (C=O) groups is 1. The van der Waals surface area contributed by atoms with Crippen LogP contribution in [0.3, 0.4) is 0 Å². The lowest BCUT2D eigenvalue weighted by Crippen LogP contribution is -2.48. The van der Waals surface area contributed by atoms with Gasteiger partial charge in [0.1, 0.15) is 0 Å². The van der Waals surface area contributed by atoms with E-state index in [1.165, 1.54) is 0 Å². The van der Waals surface area contributed by atoms with Crippen molar-refractivity contribution >= 4 is 15.9 Å². The summed E-state index contributed by atoms with van der Waals surface area (Å²) in [6.45, 7) is 3.22. The number of carbonyl (C=O) groups excluding carboxylic acids is 1. The lowest BCUT2D eigenvalue weighted by molar-refractivity contribution is 0.176. The molecule has 1 N–H and O–H groups in total. The second kappa shape index (κ2) is 7.64. The fourth-order valence-corrected chi connectivity index (χ4v) is 3.84. The average Bonchev–Trinajstić information content (AvgIpc) is 2.70. The molecule has 1 rings (SSSR count). The highest BCUT2D eigenvalue weighted by Gasteiger charge is 2.34. The smallest absolute Gasteiger partial charge is 0.319 e. The lowest BCUT2D eigenvalue weighted by Gasteiger charge is -2.29. The molecule has 0 aromatic heterocycles. The fraction of sp³-hybridized carbons (Fsp3) is 0.769. The quantitative estimate of drug-likeness (QED) is 0.783. The predicted octanol–water partition coefficient (Wildman–Crippen LogP) is 0.670. The summed E-state index contributed by atoms with van der Waals surface area (Å²) in [5.41, 5.74) is 0. The fourth-order valence-electron chi connectivity index (χ4n) is 2.11. The van der Waals surface area contributed by atoms with Crippen LogP contribution in [0.4, 0.5) is 4.79 Å². The van der Waals surface area contributed by atoms with E-state index in [0.29, 0.717) is 19.5 Å². The van der Waals surface area contributed by atoms with Crippen molar-refractivity contribution in [3.8, 4) is 0 Å². The van der Waals surface area contributed by atoms with E-state index in [1.807, 2.05) is 32.0 Å². The molecule has 1 atom stereocenters. The van der Waals surface area contributed by atoms with Gasteiger partial charge in [0.05, 0.1) is 11.5 Å². The number of hydrogen-bond acceptors (Lipinski definition) is 4. The van der Waals surface area contributed by atoms with E-state index < -0.39 is 9.84 Å². The highest BCUT2D eigenvalue weighted by molar-refractivity contribution is 7.91. The number of urea groups is 1. The number of rotatable bonds is 6. The van der Waals surface area contributed by atoms with Crippen LogP contribution in [0.2, 0.25) is 0 Å². The Hall–Kier alpha value is -1.08. The minimum Gasteiger partial charge on any atom is -0.319 e. The molecule has 6 nitrogen and oxygen atoms in total. The zero-order valence-electron chi connectivity index (χ0n) is 12.5. The summed E-state index contributed by atoms with van der Waals surface area (Å²) in [6.07, 6.45) is 4.85. The van der Waals surface area contributed by atoms with Crippen LogP contribution in [0, 0.1) is 0 Å². The number of nitrogens with one attached hydrogen (secondary N) is 1. The monoisotopic (exact) mass is 303 g/mol. The van der Waals surface area contributed by atoms with Gasteiger partial charge in [-0.25, -0.2) is 13.2 Å². The molecule has 1 fully saturated rings. The Kier molecular flexibility index (Phi) is 6.48. The van der Waals surface area contributed by atoms with Crippen LogP contribution in [0.25, 0.3) is 0 Å². The Balaban J connectivity index is 2.69. The van der Waals surface area contributed by atoms with Crippen LogP contribution in [0.1, 0.15) is 19.8 Å². The zero-order chi connectivity index (χ0) is 15.2. The van der Waals surface area contributed by atoms with Crippen molar-refractivity contribution in [1.29, 1.82) is 0 Å². The van der Waals surface area contributed by atoms with E-state index in [9.17, 15) is 13.2 Å². The standard InChI is InChI=1S/C13H25N3O3S/c1-4-5-7-14-13(17)16(9-8-15(2)3)12-6-10-20(18,19)11-12/h5,7,12H,4,6,8-11H2,1-3H3,(H,14,17)/b7-5+. The van der Waals surface area contributed by atoms with Gasteiger partial charge in [-0.3, -0.25) is 0 Å². The number of sulfone groups is 1. The van der Waals surface area contributed by atoms with Gasteiger partial charge in [0.15, 0.2) is 9.84 Å². The van der Waals surface area contributed by atoms with E-state index in [-0.39, 0.29) is 23.6 Å². The molecule has 1 aliphatic heterocycles. The van der Waals surface area contributed by atoms with Crippen molar-refractivity contribution in [2.24, 2.45) is 0 Å². The Labute approximate surface area is 121 Å². The molecule has 0 aromatic rings. The second-order valence-electron chi connectivity index (χ2n) is 5.31. The summed E-state index contributed by atoms with van der Waals surface area (Å²) in [7, 11) is 0.867. The van der Waals surface area contributed by atoms with Gasteiger partial charge in [-0.15, -0.1) is 0 Å². The van der Waals surface area contributed by atoms with Crippen LogP contribution < -0.4 is 5.32 Å². The van der Waals surface area contributed by atoms with E-state index in [4.69, 9.17) is 0 Å². The highest BCUT2D eigenvalue weighted by Crippen LogP contribution is 2.17. The summed E-state index contributed by atoms with van der Waals surface area (Å²) in [4.78, 5) is 15.8. The van der Waals surface area contributed by atoms with Crippen molar-refractivity contribution in [3.63, 3.8) is 0 Å². The highest BCUT2D eigenvalue weighted by atomic mass is 32.2. The topological polar surface area (TPSA) is 69.7 Å². The maximum atomic E-state index is 12.2.